The molecule has 0 unspecified atom stereocenters. The molecule has 0 aliphatic rings. The zero-order valence-corrected chi connectivity index (χ0v) is 11.4. The lowest BCUT2D eigenvalue weighted by molar-refractivity contribution is 0.606. The predicted octanol–water partition coefficient (Wildman–Crippen LogP) is 1.86. The summed E-state index contributed by atoms with van der Waals surface area (Å²) in [5, 5.41) is 4.43. The summed E-state index contributed by atoms with van der Waals surface area (Å²) in [4.78, 5) is 14.4. The molecule has 0 saturated heterocycles. The second-order valence-corrected chi connectivity index (χ2v) is 4.40. The van der Waals surface area contributed by atoms with Gasteiger partial charge in [0, 0.05) is 26.8 Å². The number of halogens is 1. The van der Waals surface area contributed by atoms with Crippen molar-refractivity contribution in [1.29, 1.82) is 0 Å². The van der Waals surface area contributed by atoms with E-state index in [1.807, 2.05) is 24.8 Å². The lowest BCUT2D eigenvalue weighted by Gasteiger charge is -2.11. The van der Waals surface area contributed by atoms with Crippen LogP contribution in [0.15, 0.2) is 12.3 Å². The Bertz CT molecular complexity index is 536. The van der Waals surface area contributed by atoms with Crippen LogP contribution < -0.4 is 4.90 Å². The van der Waals surface area contributed by atoms with Gasteiger partial charge in [0.25, 0.3) is 0 Å². The molecule has 0 aliphatic carbocycles. The highest BCUT2D eigenvalue weighted by molar-refractivity contribution is 6.28. The van der Waals surface area contributed by atoms with Crippen LogP contribution in [-0.2, 0) is 6.54 Å². The van der Waals surface area contributed by atoms with Crippen LogP contribution in [-0.4, -0.2) is 38.8 Å². The number of aryl methyl sites for hydroxylation is 1. The van der Waals surface area contributed by atoms with Gasteiger partial charge in [-0.1, -0.05) is 6.92 Å². The van der Waals surface area contributed by atoms with Crippen LogP contribution >= 0.6 is 11.6 Å². The van der Waals surface area contributed by atoms with E-state index in [2.05, 4.69) is 27.0 Å². The molecule has 0 fully saturated rings. The molecule has 0 radical (unpaired) electrons. The van der Waals surface area contributed by atoms with Gasteiger partial charge in [-0.3, -0.25) is 4.68 Å². The maximum Gasteiger partial charge on any atom is 0.229 e. The first-order valence-corrected chi connectivity index (χ1v) is 6.10. The number of nitrogens with zero attached hydrogens (tertiary/aromatic N) is 6. The maximum atomic E-state index is 5.92. The Morgan fingerprint density at radius 2 is 2.06 bits per heavy atom. The summed E-state index contributed by atoms with van der Waals surface area (Å²) in [6.07, 6.45) is 2.73. The third-order valence-corrected chi connectivity index (χ3v) is 2.55. The zero-order valence-electron chi connectivity index (χ0n) is 10.6. The van der Waals surface area contributed by atoms with Gasteiger partial charge in [-0.2, -0.15) is 20.1 Å². The van der Waals surface area contributed by atoms with Gasteiger partial charge in [0.05, 0.1) is 0 Å². The minimum absolute atomic E-state index is 0.188. The smallest absolute Gasteiger partial charge is 0.229 e. The molecule has 0 aliphatic heterocycles. The Kier molecular flexibility index (Phi) is 3.76. The van der Waals surface area contributed by atoms with Crippen LogP contribution in [0.5, 0.6) is 0 Å². The first kappa shape index (κ1) is 12.8. The minimum atomic E-state index is 0.188. The largest absolute Gasteiger partial charge is 0.347 e. The van der Waals surface area contributed by atoms with Crippen molar-refractivity contribution in [1.82, 2.24) is 24.7 Å². The summed E-state index contributed by atoms with van der Waals surface area (Å²) >= 11 is 5.92. The molecule has 0 spiro atoms. The fourth-order valence-electron chi connectivity index (χ4n) is 1.57. The molecular weight excluding hydrogens is 252 g/mol. The van der Waals surface area contributed by atoms with Gasteiger partial charge in [0.15, 0.2) is 5.82 Å². The molecule has 2 aromatic heterocycles. The summed E-state index contributed by atoms with van der Waals surface area (Å²) in [5.74, 6) is 1.08. The molecule has 0 amide bonds. The number of anilines is 1. The van der Waals surface area contributed by atoms with Crippen LogP contribution in [0.3, 0.4) is 0 Å². The van der Waals surface area contributed by atoms with Gasteiger partial charge in [-0.25, -0.2) is 0 Å². The molecule has 0 atom stereocenters. The van der Waals surface area contributed by atoms with Gasteiger partial charge >= 0.3 is 0 Å². The molecule has 7 heteroatoms. The molecule has 2 aromatic rings. The van der Waals surface area contributed by atoms with Gasteiger partial charge in [-0.05, 0) is 24.1 Å². The van der Waals surface area contributed by atoms with E-state index in [9.17, 15) is 0 Å². The quantitative estimate of drug-likeness (QED) is 0.845. The van der Waals surface area contributed by atoms with Crippen molar-refractivity contribution < 1.29 is 0 Å². The summed E-state index contributed by atoms with van der Waals surface area (Å²) in [6, 6.07) is 1.88. The van der Waals surface area contributed by atoms with E-state index >= 15 is 0 Å². The van der Waals surface area contributed by atoms with E-state index in [4.69, 9.17) is 11.6 Å². The second-order valence-electron chi connectivity index (χ2n) is 4.06. The number of aromatic nitrogens is 5. The molecular formula is C11H15ClN6. The van der Waals surface area contributed by atoms with E-state index in [1.165, 1.54) is 0 Å². The third-order valence-electron chi connectivity index (χ3n) is 2.38. The lowest BCUT2D eigenvalue weighted by Crippen LogP contribution is -2.14. The number of hydrogen-bond donors (Lipinski definition) is 0. The molecule has 18 heavy (non-hydrogen) atoms. The van der Waals surface area contributed by atoms with Crippen LogP contribution in [0.1, 0.15) is 13.3 Å². The monoisotopic (exact) mass is 266 g/mol. The van der Waals surface area contributed by atoms with Crippen LogP contribution in [0.25, 0.3) is 11.5 Å². The van der Waals surface area contributed by atoms with Crippen molar-refractivity contribution in [3.8, 4) is 11.5 Å². The molecule has 0 bridgehead atoms. The third kappa shape index (κ3) is 2.59. The molecule has 6 nitrogen and oxygen atoms in total. The minimum Gasteiger partial charge on any atom is -0.347 e. The van der Waals surface area contributed by atoms with E-state index in [1.54, 1.807) is 11.1 Å². The molecule has 0 N–H and O–H groups in total. The lowest BCUT2D eigenvalue weighted by atomic mass is 10.4. The maximum absolute atomic E-state index is 5.92. The highest BCUT2D eigenvalue weighted by Crippen LogP contribution is 2.18. The molecule has 2 heterocycles. The Morgan fingerprint density at radius 1 is 1.28 bits per heavy atom. The van der Waals surface area contributed by atoms with Crippen LogP contribution in [0.4, 0.5) is 5.95 Å². The fraction of sp³-hybridized carbons (Fsp3) is 0.455. The van der Waals surface area contributed by atoms with Crippen molar-refractivity contribution in [2.45, 2.75) is 19.9 Å². The second kappa shape index (κ2) is 5.30. The van der Waals surface area contributed by atoms with Gasteiger partial charge < -0.3 is 4.90 Å². The highest BCUT2D eigenvalue weighted by atomic mass is 35.5. The summed E-state index contributed by atoms with van der Waals surface area (Å²) in [7, 11) is 3.72. The van der Waals surface area contributed by atoms with Gasteiger partial charge in [0.2, 0.25) is 11.2 Å². The topological polar surface area (TPSA) is 59.7 Å². The van der Waals surface area contributed by atoms with Crippen molar-refractivity contribution in [2.24, 2.45) is 0 Å². The van der Waals surface area contributed by atoms with Crippen molar-refractivity contribution in [2.75, 3.05) is 19.0 Å². The van der Waals surface area contributed by atoms with Crippen LogP contribution in [0, 0.1) is 0 Å². The average molecular weight is 267 g/mol. The molecule has 2 rings (SSSR count). The van der Waals surface area contributed by atoms with Crippen molar-refractivity contribution in [3.05, 3.63) is 17.5 Å². The number of hydrogen-bond acceptors (Lipinski definition) is 5. The summed E-state index contributed by atoms with van der Waals surface area (Å²) in [5.41, 5.74) is 0.851. The molecule has 96 valence electrons. The van der Waals surface area contributed by atoms with E-state index < -0.39 is 0 Å². The fourth-order valence-corrected chi connectivity index (χ4v) is 1.72. The van der Waals surface area contributed by atoms with Crippen LogP contribution in [0.2, 0.25) is 5.28 Å². The standard InChI is InChI=1S/C11H15ClN6/c1-4-7-18-8(5-6-13-18)9-14-10(12)16-11(15-9)17(2)3/h5-6H,4,7H2,1-3H3. The van der Waals surface area contributed by atoms with Crippen molar-refractivity contribution in [3.63, 3.8) is 0 Å². The molecule has 0 saturated carbocycles. The Hall–Kier alpha value is -1.69. The normalized spacial score (nSPS) is 10.7. The summed E-state index contributed by atoms with van der Waals surface area (Å²) < 4.78 is 1.87. The first-order chi connectivity index (χ1) is 8.61. The Balaban J connectivity index is 2.46. The van der Waals surface area contributed by atoms with E-state index in [0.29, 0.717) is 11.8 Å². The Morgan fingerprint density at radius 3 is 2.72 bits per heavy atom. The Labute approximate surface area is 111 Å². The van der Waals surface area contributed by atoms with Gasteiger partial charge in [0.1, 0.15) is 5.69 Å². The number of rotatable bonds is 4. The summed E-state index contributed by atoms with van der Waals surface area (Å²) in [6.45, 7) is 2.92. The zero-order chi connectivity index (χ0) is 13.1. The SMILES string of the molecule is CCCn1nccc1-c1nc(Cl)nc(N(C)C)n1. The first-order valence-electron chi connectivity index (χ1n) is 5.73. The van der Waals surface area contributed by atoms with Crippen molar-refractivity contribution >= 4 is 17.5 Å². The van der Waals surface area contributed by atoms with Gasteiger partial charge in [-0.15, -0.1) is 0 Å². The average Bonchev–Trinajstić information content (AvgIpc) is 2.77. The highest BCUT2D eigenvalue weighted by Gasteiger charge is 2.12. The predicted molar refractivity (Wildman–Crippen MR) is 70.7 cm³/mol. The van der Waals surface area contributed by atoms with E-state index in [0.717, 1.165) is 18.7 Å². The van der Waals surface area contributed by atoms with E-state index in [-0.39, 0.29) is 5.28 Å². The molecule has 0 aromatic carbocycles.